The van der Waals surface area contributed by atoms with E-state index in [0.29, 0.717) is 28.0 Å². The molecule has 0 unspecified atom stereocenters. The number of ketones is 1. The van der Waals surface area contributed by atoms with Crippen LogP contribution in [-0.4, -0.2) is 21.2 Å². The molecule has 2 aromatic heterocycles. The second-order valence-corrected chi connectivity index (χ2v) is 7.62. The maximum absolute atomic E-state index is 13.1. The van der Waals surface area contributed by atoms with Crippen molar-refractivity contribution in [2.75, 3.05) is 5.32 Å². The number of hydrogen-bond donors (Lipinski definition) is 1. The number of nitrogens with one attached hydrogen (secondary N) is 1. The molecule has 32 heavy (non-hydrogen) atoms. The van der Waals surface area contributed by atoms with Gasteiger partial charge in [-0.15, -0.1) is 0 Å². The van der Waals surface area contributed by atoms with Gasteiger partial charge in [0.1, 0.15) is 12.2 Å². The molecule has 2 heterocycles. The smallest absolute Gasteiger partial charge is 0.244 e. The minimum absolute atomic E-state index is 0.00875. The summed E-state index contributed by atoms with van der Waals surface area (Å²) in [6.07, 6.45) is 2.35. The molecule has 0 atom stereocenters. The minimum atomic E-state index is -0.395. The third kappa shape index (κ3) is 4.34. The summed E-state index contributed by atoms with van der Waals surface area (Å²) in [7, 11) is 0. The van der Waals surface area contributed by atoms with Crippen LogP contribution in [0.2, 0.25) is 0 Å². The molecule has 0 aliphatic heterocycles. The molecule has 2 aromatic carbocycles. The van der Waals surface area contributed by atoms with Crippen molar-refractivity contribution < 1.29 is 9.59 Å². The zero-order valence-electron chi connectivity index (χ0n) is 18.0. The van der Waals surface area contributed by atoms with Gasteiger partial charge in [0.15, 0.2) is 5.78 Å². The van der Waals surface area contributed by atoms with Gasteiger partial charge in [-0.05, 0) is 43.2 Å². The average Bonchev–Trinajstić information content (AvgIpc) is 2.81. The fraction of sp³-hybridized carbons (Fsp3) is 0.154. The Morgan fingerprint density at radius 2 is 1.69 bits per heavy atom. The Morgan fingerprint density at radius 3 is 2.38 bits per heavy atom. The third-order valence-corrected chi connectivity index (χ3v) is 5.30. The number of carbonyl (C=O) groups is 2. The normalized spacial score (nSPS) is 10.8. The quantitative estimate of drug-likeness (QED) is 0.471. The number of fused-ring (bicyclic) bond motifs is 1. The number of aromatic nitrogens is 2. The second kappa shape index (κ2) is 8.98. The standard InChI is InChI=1S/C26H23N3O3/c1-3-18-10-12-20(13-11-18)28-23(30)16-29-15-22(24(31)19-7-5-4-6-8-19)25(32)21-14-9-17(2)27-26(21)29/h4-15H,3,16H2,1-2H3,(H,28,30). The van der Waals surface area contributed by atoms with Crippen molar-refractivity contribution in [3.63, 3.8) is 0 Å². The first-order valence-electron chi connectivity index (χ1n) is 10.5. The Morgan fingerprint density at radius 1 is 0.969 bits per heavy atom. The Labute approximate surface area is 185 Å². The van der Waals surface area contributed by atoms with Crippen LogP contribution in [0.15, 0.2) is 77.7 Å². The van der Waals surface area contributed by atoms with Crippen LogP contribution in [0.3, 0.4) is 0 Å². The topological polar surface area (TPSA) is 81.1 Å². The van der Waals surface area contributed by atoms with Crippen LogP contribution in [0.4, 0.5) is 5.69 Å². The second-order valence-electron chi connectivity index (χ2n) is 7.62. The molecule has 6 heteroatoms. The monoisotopic (exact) mass is 425 g/mol. The number of rotatable bonds is 6. The molecule has 0 saturated carbocycles. The van der Waals surface area contributed by atoms with Crippen molar-refractivity contribution in [2.24, 2.45) is 0 Å². The highest BCUT2D eigenvalue weighted by molar-refractivity contribution is 6.10. The highest BCUT2D eigenvalue weighted by Gasteiger charge is 2.19. The summed E-state index contributed by atoms with van der Waals surface area (Å²) >= 11 is 0. The lowest BCUT2D eigenvalue weighted by Gasteiger charge is -2.13. The van der Waals surface area contributed by atoms with Crippen molar-refractivity contribution in [1.29, 1.82) is 0 Å². The van der Waals surface area contributed by atoms with Crippen LogP contribution in [0, 0.1) is 6.92 Å². The van der Waals surface area contributed by atoms with Gasteiger partial charge in [-0.25, -0.2) is 4.98 Å². The largest absolute Gasteiger partial charge is 0.325 e. The van der Waals surface area contributed by atoms with E-state index in [1.807, 2.05) is 31.2 Å². The Bertz CT molecular complexity index is 1360. The molecule has 160 valence electrons. The van der Waals surface area contributed by atoms with E-state index in [1.54, 1.807) is 47.0 Å². The molecule has 1 amide bonds. The van der Waals surface area contributed by atoms with Gasteiger partial charge in [0.05, 0.1) is 10.9 Å². The SMILES string of the molecule is CCc1ccc(NC(=O)Cn2cc(C(=O)c3ccccc3)c(=O)c3ccc(C)nc32)cc1. The van der Waals surface area contributed by atoms with E-state index < -0.39 is 5.43 Å². The molecule has 0 radical (unpaired) electrons. The summed E-state index contributed by atoms with van der Waals surface area (Å²) in [5, 5.41) is 3.17. The maximum Gasteiger partial charge on any atom is 0.244 e. The van der Waals surface area contributed by atoms with Gasteiger partial charge >= 0.3 is 0 Å². The molecule has 0 saturated heterocycles. The summed E-state index contributed by atoms with van der Waals surface area (Å²) in [5.74, 6) is -0.664. The van der Waals surface area contributed by atoms with Gasteiger partial charge in [0, 0.05) is 23.1 Å². The zero-order valence-corrected chi connectivity index (χ0v) is 18.0. The average molecular weight is 425 g/mol. The van der Waals surface area contributed by atoms with Crippen molar-refractivity contribution >= 4 is 28.4 Å². The first-order chi connectivity index (χ1) is 15.5. The number of benzene rings is 2. The van der Waals surface area contributed by atoms with Crippen LogP contribution in [0.25, 0.3) is 11.0 Å². The van der Waals surface area contributed by atoms with E-state index in [2.05, 4.69) is 17.2 Å². The van der Waals surface area contributed by atoms with Crippen molar-refractivity contribution in [2.45, 2.75) is 26.8 Å². The number of anilines is 1. The molecule has 0 fully saturated rings. The molecular formula is C26H23N3O3. The molecule has 0 aliphatic carbocycles. The molecule has 0 bridgehead atoms. The highest BCUT2D eigenvalue weighted by atomic mass is 16.2. The van der Waals surface area contributed by atoms with Gasteiger partial charge < -0.3 is 9.88 Å². The number of pyridine rings is 2. The number of carbonyl (C=O) groups excluding carboxylic acids is 2. The van der Waals surface area contributed by atoms with Gasteiger partial charge in [0.25, 0.3) is 0 Å². The minimum Gasteiger partial charge on any atom is -0.325 e. The van der Waals surface area contributed by atoms with Gasteiger partial charge in [-0.1, -0.05) is 49.4 Å². The lowest BCUT2D eigenvalue weighted by molar-refractivity contribution is -0.116. The lowest BCUT2D eigenvalue weighted by Crippen LogP contribution is -2.25. The highest BCUT2D eigenvalue weighted by Crippen LogP contribution is 2.15. The first-order valence-corrected chi connectivity index (χ1v) is 10.5. The van der Waals surface area contributed by atoms with E-state index in [0.717, 1.165) is 6.42 Å². The van der Waals surface area contributed by atoms with Crippen LogP contribution in [0.5, 0.6) is 0 Å². The van der Waals surface area contributed by atoms with Gasteiger partial charge in [-0.2, -0.15) is 0 Å². The summed E-state index contributed by atoms with van der Waals surface area (Å²) in [6, 6.07) is 19.6. The predicted molar refractivity (Wildman–Crippen MR) is 125 cm³/mol. The van der Waals surface area contributed by atoms with Crippen LogP contribution >= 0.6 is 0 Å². The summed E-state index contributed by atoms with van der Waals surface area (Å²) in [5.41, 5.74) is 2.97. The lowest BCUT2D eigenvalue weighted by atomic mass is 10.0. The van der Waals surface area contributed by atoms with E-state index in [9.17, 15) is 14.4 Å². The molecule has 1 N–H and O–H groups in total. The van der Waals surface area contributed by atoms with Crippen molar-refractivity contribution in [3.05, 3.63) is 106 Å². The number of aryl methyl sites for hydroxylation is 2. The molecule has 0 spiro atoms. The zero-order chi connectivity index (χ0) is 22.7. The van der Waals surface area contributed by atoms with Crippen LogP contribution in [-0.2, 0) is 17.8 Å². The fourth-order valence-corrected chi connectivity index (χ4v) is 3.57. The van der Waals surface area contributed by atoms with Crippen molar-refractivity contribution in [3.8, 4) is 0 Å². The Kier molecular flexibility index (Phi) is 5.94. The summed E-state index contributed by atoms with van der Waals surface area (Å²) in [6.45, 7) is 3.79. The van der Waals surface area contributed by atoms with E-state index in [4.69, 9.17) is 0 Å². The maximum atomic E-state index is 13.1. The van der Waals surface area contributed by atoms with Crippen LogP contribution in [0.1, 0.15) is 34.1 Å². The van der Waals surface area contributed by atoms with Crippen molar-refractivity contribution in [1.82, 2.24) is 9.55 Å². The van der Waals surface area contributed by atoms with Crippen LogP contribution < -0.4 is 10.7 Å². The molecule has 0 aliphatic rings. The Balaban J connectivity index is 1.72. The molecule has 6 nitrogen and oxygen atoms in total. The molecule has 4 aromatic rings. The number of nitrogens with zero attached hydrogens (tertiary/aromatic N) is 2. The van der Waals surface area contributed by atoms with E-state index in [1.165, 1.54) is 11.8 Å². The predicted octanol–water partition coefficient (Wildman–Crippen LogP) is 4.14. The molecular weight excluding hydrogens is 402 g/mol. The summed E-state index contributed by atoms with van der Waals surface area (Å²) in [4.78, 5) is 43.3. The first kappa shape index (κ1) is 21.2. The van der Waals surface area contributed by atoms with E-state index >= 15 is 0 Å². The van der Waals surface area contributed by atoms with Gasteiger partial charge in [0.2, 0.25) is 11.3 Å². The van der Waals surface area contributed by atoms with Gasteiger partial charge in [-0.3, -0.25) is 14.4 Å². The number of hydrogen-bond acceptors (Lipinski definition) is 4. The third-order valence-electron chi connectivity index (χ3n) is 5.30. The number of amides is 1. The molecule has 4 rings (SSSR count). The summed E-state index contributed by atoms with van der Waals surface area (Å²) < 4.78 is 1.57. The van der Waals surface area contributed by atoms with E-state index in [-0.39, 0.29) is 23.8 Å². The Hall–Kier alpha value is -4.06. The fourth-order valence-electron chi connectivity index (χ4n) is 3.57.